The molecule has 1 aliphatic heterocycles. The summed E-state index contributed by atoms with van der Waals surface area (Å²) in [5, 5.41) is 10.0. The second kappa shape index (κ2) is 5.37. The quantitative estimate of drug-likeness (QED) is 0.938. The van der Waals surface area contributed by atoms with E-state index in [1.807, 2.05) is 32.0 Å². The third kappa shape index (κ3) is 2.71. The Bertz CT molecular complexity index is 693. The van der Waals surface area contributed by atoms with Gasteiger partial charge < -0.3 is 14.6 Å². The van der Waals surface area contributed by atoms with Gasteiger partial charge in [0.1, 0.15) is 0 Å². The molecule has 1 aromatic heterocycles. The van der Waals surface area contributed by atoms with Crippen molar-refractivity contribution in [2.45, 2.75) is 26.2 Å². The lowest BCUT2D eigenvalue weighted by molar-refractivity contribution is -0.136. The maximum absolute atomic E-state index is 11.1. The zero-order chi connectivity index (χ0) is 15.0. The van der Waals surface area contributed by atoms with Crippen LogP contribution in [0, 0.1) is 0 Å². The fourth-order valence-corrected chi connectivity index (χ4v) is 3.22. The van der Waals surface area contributed by atoms with Gasteiger partial charge >= 0.3 is 5.97 Å². The number of hydrogen-bond acceptors (Lipinski definition) is 5. The van der Waals surface area contributed by atoms with E-state index in [2.05, 4.69) is 4.98 Å². The minimum absolute atomic E-state index is 0.0197. The molecule has 1 aromatic carbocycles. The number of rotatable bonds is 4. The highest BCUT2D eigenvalue weighted by atomic mass is 32.1. The lowest BCUT2D eigenvalue weighted by Gasteiger charge is -2.02. The van der Waals surface area contributed by atoms with Crippen molar-refractivity contribution < 1.29 is 19.4 Å². The fourth-order valence-electron chi connectivity index (χ4n) is 2.14. The Hall–Kier alpha value is -2.08. The van der Waals surface area contributed by atoms with Gasteiger partial charge in [0.05, 0.1) is 17.1 Å². The van der Waals surface area contributed by atoms with Crippen LogP contribution in [0.4, 0.5) is 0 Å². The number of ether oxygens (including phenoxy) is 2. The van der Waals surface area contributed by atoms with Crippen LogP contribution in [-0.4, -0.2) is 22.9 Å². The van der Waals surface area contributed by atoms with Crippen molar-refractivity contribution in [1.82, 2.24) is 4.98 Å². The van der Waals surface area contributed by atoms with Crippen LogP contribution in [0.5, 0.6) is 11.5 Å². The predicted octanol–water partition coefficient (Wildman–Crippen LogP) is 3.29. The molecule has 5 nitrogen and oxygen atoms in total. The molecular formula is C15H15NO4S. The molecule has 1 N–H and O–H groups in total. The molecule has 0 spiro atoms. The van der Waals surface area contributed by atoms with Gasteiger partial charge in [-0.25, -0.2) is 4.98 Å². The van der Waals surface area contributed by atoms with Gasteiger partial charge in [-0.1, -0.05) is 13.8 Å². The van der Waals surface area contributed by atoms with Crippen molar-refractivity contribution in [3.8, 4) is 22.8 Å². The number of thiazole rings is 1. The van der Waals surface area contributed by atoms with Crippen molar-refractivity contribution in [3.63, 3.8) is 0 Å². The van der Waals surface area contributed by atoms with E-state index in [9.17, 15) is 4.79 Å². The van der Waals surface area contributed by atoms with Crippen molar-refractivity contribution >= 4 is 17.3 Å². The summed E-state index contributed by atoms with van der Waals surface area (Å²) in [5.41, 5.74) is 1.59. The van der Waals surface area contributed by atoms with E-state index in [1.54, 1.807) is 0 Å². The van der Waals surface area contributed by atoms with Crippen molar-refractivity contribution in [2.75, 3.05) is 6.79 Å². The van der Waals surface area contributed by atoms with Gasteiger partial charge in [0, 0.05) is 16.4 Å². The molecule has 110 valence electrons. The molecule has 0 amide bonds. The standard InChI is InChI=1S/C15H15NO4S/c1-8(2)15-16-14(12(21-15)6-13(17)18)9-3-4-10-11(5-9)20-7-19-10/h3-5,8H,6-7H2,1-2H3,(H,17,18). The lowest BCUT2D eigenvalue weighted by atomic mass is 10.1. The highest BCUT2D eigenvalue weighted by molar-refractivity contribution is 7.12. The zero-order valence-electron chi connectivity index (χ0n) is 11.8. The average molecular weight is 305 g/mol. The van der Waals surface area contributed by atoms with E-state index >= 15 is 0 Å². The maximum atomic E-state index is 11.1. The molecule has 0 atom stereocenters. The van der Waals surface area contributed by atoms with Gasteiger partial charge in [0.2, 0.25) is 6.79 Å². The average Bonchev–Trinajstić information content (AvgIpc) is 3.03. The minimum Gasteiger partial charge on any atom is -0.481 e. The van der Waals surface area contributed by atoms with Gasteiger partial charge in [-0.3, -0.25) is 4.79 Å². The van der Waals surface area contributed by atoms with Crippen LogP contribution < -0.4 is 9.47 Å². The third-order valence-electron chi connectivity index (χ3n) is 3.17. The summed E-state index contributed by atoms with van der Waals surface area (Å²) >= 11 is 1.46. The van der Waals surface area contributed by atoms with Gasteiger partial charge in [-0.05, 0) is 18.2 Å². The number of benzene rings is 1. The van der Waals surface area contributed by atoms with Crippen molar-refractivity contribution in [2.24, 2.45) is 0 Å². The first-order valence-corrected chi connectivity index (χ1v) is 7.47. The summed E-state index contributed by atoms with van der Waals surface area (Å²) in [6, 6.07) is 5.57. The summed E-state index contributed by atoms with van der Waals surface area (Å²) in [6.45, 7) is 4.31. The molecule has 2 aromatic rings. The van der Waals surface area contributed by atoms with Crippen LogP contribution in [0.2, 0.25) is 0 Å². The first-order chi connectivity index (χ1) is 10.0. The molecule has 0 fully saturated rings. The summed E-state index contributed by atoms with van der Waals surface area (Å²) in [7, 11) is 0. The van der Waals surface area contributed by atoms with Gasteiger partial charge in [-0.15, -0.1) is 11.3 Å². The monoisotopic (exact) mass is 305 g/mol. The predicted molar refractivity (Wildman–Crippen MR) is 79.1 cm³/mol. The Morgan fingerprint density at radius 2 is 2.14 bits per heavy atom. The Morgan fingerprint density at radius 1 is 1.38 bits per heavy atom. The summed E-state index contributed by atoms with van der Waals surface area (Å²) in [4.78, 5) is 16.4. The van der Waals surface area contributed by atoms with Crippen molar-refractivity contribution in [3.05, 3.63) is 28.1 Å². The molecule has 0 radical (unpaired) electrons. The summed E-state index contributed by atoms with van der Waals surface area (Å²) in [5.74, 6) is 0.798. The molecule has 0 aliphatic carbocycles. The molecule has 3 rings (SSSR count). The molecule has 0 unspecified atom stereocenters. The molecule has 2 heterocycles. The number of fused-ring (bicyclic) bond motifs is 1. The van der Waals surface area contributed by atoms with Crippen LogP contribution in [0.1, 0.15) is 29.7 Å². The number of aromatic nitrogens is 1. The first kappa shape index (κ1) is 13.9. The Balaban J connectivity index is 2.05. The number of carboxylic acids is 1. The van der Waals surface area contributed by atoms with Gasteiger partial charge in [0.15, 0.2) is 11.5 Å². The number of carbonyl (C=O) groups is 1. The van der Waals surface area contributed by atoms with Gasteiger partial charge in [0.25, 0.3) is 0 Å². The van der Waals surface area contributed by atoms with E-state index in [1.165, 1.54) is 11.3 Å². The Morgan fingerprint density at radius 3 is 2.86 bits per heavy atom. The lowest BCUT2D eigenvalue weighted by Crippen LogP contribution is -1.99. The van der Waals surface area contributed by atoms with E-state index in [0.717, 1.165) is 21.1 Å². The number of hydrogen-bond donors (Lipinski definition) is 1. The second-order valence-corrected chi connectivity index (χ2v) is 6.23. The van der Waals surface area contributed by atoms with Gasteiger partial charge in [-0.2, -0.15) is 0 Å². The Labute approximate surface area is 126 Å². The number of carboxylic acid groups (broad SMARTS) is 1. The third-order valence-corrected chi connectivity index (χ3v) is 4.52. The second-order valence-electron chi connectivity index (χ2n) is 5.12. The van der Waals surface area contributed by atoms with Crippen LogP contribution in [0.25, 0.3) is 11.3 Å². The molecule has 0 bridgehead atoms. The van der Waals surface area contributed by atoms with Crippen LogP contribution in [0.15, 0.2) is 18.2 Å². The van der Waals surface area contributed by atoms with E-state index in [-0.39, 0.29) is 19.1 Å². The zero-order valence-corrected chi connectivity index (χ0v) is 12.6. The van der Waals surface area contributed by atoms with Crippen LogP contribution in [-0.2, 0) is 11.2 Å². The smallest absolute Gasteiger partial charge is 0.308 e. The fraction of sp³-hybridized carbons (Fsp3) is 0.333. The first-order valence-electron chi connectivity index (χ1n) is 6.66. The highest BCUT2D eigenvalue weighted by Gasteiger charge is 2.20. The normalized spacial score (nSPS) is 12.9. The molecular weight excluding hydrogens is 290 g/mol. The van der Waals surface area contributed by atoms with Crippen LogP contribution >= 0.6 is 11.3 Å². The molecule has 1 aliphatic rings. The molecule has 0 saturated heterocycles. The topological polar surface area (TPSA) is 68.7 Å². The van der Waals surface area contributed by atoms with Crippen LogP contribution in [0.3, 0.4) is 0 Å². The largest absolute Gasteiger partial charge is 0.481 e. The summed E-state index contributed by atoms with van der Waals surface area (Å²) < 4.78 is 10.7. The van der Waals surface area contributed by atoms with Crippen molar-refractivity contribution in [1.29, 1.82) is 0 Å². The van der Waals surface area contributed by atoms with E-state index < -0.39 is 5.97 Å². The molecule has 0 saturated carbocycles. The molecule has 6 heteroatoms. The number of aliphatic carboxylic acids is 1. The summed E-state index contributed by atoms with van der Waals surface area (Å²) in [6.07, 6.45) is -0.0197. The van der Waals surface area contributed by atoms with E-state index in [4.69, 9.17) is 14.6 Å². The Kier molecular flexibility index (Phi) is 3.55. The number of nitrogens with zero attached hydrogens (tertiary/aromatic N) is 1. The maximum Gasteiger partial charge on any atom is 0.308 e. The SMILES string of the molecule is CC(C)c1nc(-c2ccc3c(c2)OCO3)c(CC(=O)O)s1. The van der Waals surface area contributed by atoms with E-state index in [0.29, 0.717) is 11.5 Å². The minimum atomic E-state index is -0.851. The molecule has 21 heavy (non-hydrogen) atoms. The highest BCUT2D eigenvalue weighted by Crippen LogP contribution is 2.38.